The largest absolute Gasteiger partial charge is 0.413 e. The average Bonchev–Trinajstić information content (AvgIpc) is 2.61. The van der Waals surface area contributed by atoms with Crippen molar-refractivity contribution < 1.29 is 9.53 Å². The Kier molecular flexibility index (Phi) is 6.01. The Balaban J connectivity index is 2.76. The summed E-state index contributed by atoms with van der Waals surface area (Å²) in [5, 5.41) is 10.8. The number of aliphatic hydroxyl groups excluding tert-OH is 1. The second kappa shape index (κ2) is 6.62. The monoisotopic (exact) mass is 341 g/mol. The molecule has 0 saturated carbocycles. The van der Waals surface area contributed by atoms with E-state index in [0.29, 0.717) is 6.61 Å². The zero-order valence-corrected chi connectivity index (χ0v) is 17.9. The third kappa shape index (κ3) is 4.68. The van der Waals surface area contributed by atoms with E-state index in [4.69, 9.17) is 4.43 Å². The molecule has 1 aliphatic rings. The molecule has 0 amide bonds. The van der Waals surface area contributed by atoms with Gasteiger partial charge in [0.05, 0.1) is 12.7 Å². The maximum Gasteiger partial charge on any atom is 0.192 e. The van der Waals surface area contributed by atoms with Crippen molar-refractivity contribution >= 4 is 8.32 Å². The molecule has 0 aromatic heterocycles. The van der Waals surface area contributed by atoms with Crippen molar-refractivity contribution in [2.24, 2.45) is 0 Å². The van der Waals surface area contributed by atoms with E-state index >= 15 is 0 Å². The molecule has 1 aliphatic heterocycles. The highest BCUT2D eigenvalue weighted by molar-refractivity contribution is 6.74. The predicted octanol–water partition coefficient (Wildman–Crippen LogP) is 4.58. The Labute approximate surface area is 145 Å². The first-order valence-corrected chi connectivity index (χ1v) is 11.8. The molecule has 0 aliphatic carbocycles. The van der Waals surface area contributed by atoms with Crippen molar-refractivity contribution in [2.45, 2.75) is 96.6 Å². The van der Waals surface area contributed by atoms with Gasteiger partial charge in [0.1, 0.15) is 0 Å². The molecule has 1 heterocycles. The molecule has 0 radical (unpaired) electrons. The van der Waals surface area contributed by atoms with Crippen LogP contribution in [-0.4, -0.2) is 48.7 Å². The third-order valence-corrected chi connectivity index (χ3v) is 10.3. The highest BCUT2D eigenvalue weighted by atomic mass is 28.4. The van der Waals surface area contributed by atoms with Crippen LogP contribution in [0.25, 0.3) is 0 Å². The van der Waals surface area contributed by atoms with E-state index in [-0.39, 0.29) is 22.2 Å². The maximum absolute atomic E-state index is 10.6. The molecule has 3 nitrogen and oxygen atoms in total. The van der Waals surface area contributed by atoms with Crippen molar-refractivity contribution in [3.05, 3.63) is 12.2 Å². The van der Waals surface area contributed by atoms with Gasteiger partial charge in [-0.15, -0.1) is 0 Å². The van der Waals surface area contributed by atoms with Gasteiger partial charge in [-0.3, -0.25) is 4.90 Å². The minimum Gasteiger partial charge on any atom is -0.413 e. The number of hydrogen-bond donors (Lipinski definition) is 1. The quantitative estimate of drug-likeness (QED) is 0.587. The summed E-state index contributed by atoms with van der Waals surface area (Å²) in [5.41, 5.74) is 0.895. The van der Waals surface area contributed by atoms with Gasteiger partial charge in [0, 0.05) is 17.6 Å². The third-order valence-electron chi connectivity index (χ3n) is 5.82. The van der Waals surface area contributed by atoms with E-state index in [9.17, 15) is 5.11 Å². The molecule has 2 atom stereocenters. The normalized spacial score (nSPS) is 27.5. The second-order valence-electron chi connectivity index (χ2n) is 9.96. The molecule has 23 heavy (non-hydrogen) atoms. The van der Waals surface area contributed by atoms with Crippen LogP contribution in [0.1, 0.15) is 61.3 Å². The van der Waals surface area contributed by atoms with Gasteiger partial charge in [0.15, 0.2) is 8.32 Å². The van der Waals surface area contributed by atoms with Crippen molar-refractivity contribution in [3.8, 4) is 0 Å². The Morgan fingerprint density at radius 3 is 2.22 bits per heavy atom. The lowest BCUT2D eigenvalue weighted by molar-refractivity contribution is -0.00787. The second-order valence-corrected chi connectivity index (χ2v) is 14.8. The van der Waals surface area contributed by atoms with E-state index in [1.165, 1.54) is 0 Å². The van der Waals surface area contributed by atoms with Crippen LogP contribution in [-0.2, 0) is 4.43 Å². The van der Waals surface area contributed by atoms with Gasteiger partial charge in [-0.2, -0.15) is 0 Å². The molecule has 1 N–H and O–H groups in total. The fraction of sp³-hybridized carbons (Fsp3) is 0.895. The van der Waals surface area contributed by atoms with E-state index in [1.54, 1.807) is 0 Å². The lowest BCUT2D eigenvalue weighted by Gasteiger charge is -2.46. The fourth-order valence-corrected chi connectivity index (χ4v) is 4.37. The molecule has 1 fully saturated rings. The number of aliphatic hydroxyl groups is 1. The van der Waals surface area contributed by atoms with Gasteiger partial charge in [0.25, 0.3) is 0 Å². The summed E-state index contributed by atoms with van der Waals surface area (Å²) in [6, 6.07) is 0. The topological polar surface area (TPSA) is 32.7 Å². The summed E-state index contributed by atoms with van der Waals surface area (Å²) in [5.74, 6) is 0. The molecule has 0 bridgehead atoms. The van der Waals surface area contributed by atoms with Crippen LogP contribution in [0.15, 0.2) is 12.2 Å². The van der Waals surface area contributed by atoms with Gasteiger partial charge in [-0.1, -0.05) is 32.9 Å². The van der Waals surface area contributed by atoms with Crippen LogP contribution in [0.4, 0.5) is 0 Å². The minimum atomic E-state index is -1.76. The van der Waals surface area contributed by atoms with E-state index < -0.39 is 8.32 Å². The summed E-state index contributed by atoms with van der Waals surface area (Å²) in [4.78, 5) is 2.43. The summed E-state index contributed by atoms with van der Waals surface area (Å²) >= 11 is 0. The Hall–Kier alpha value is -0.163. The fourth-order valence-electron chi connectivity index (χ4n) is 3.37. The Morgan fingerprint density at radius 1 is 1.26 bits per heavy atom. The standard InChI is InChI=1S/C19H39NO2Si/c1-15(14-22-23(9,10)18(5,6)7)13-19(8)16(21)11-12-20(19)17(2,3)4/h16,21H,1,11-14H2,2-10H3/t16-,19?/m1/s1. The predicted molar refractivity (Wildman–Crippen MR) is 102 cm³/mol. The molecular formula is C19H39NO2Si. The molecule has 1 rings (SSSR count). The van der Waals surface area contributed by atoms with Gasteiger partial charge >= 0.3 is 0 Å². The number of nitrogens with zero attached hydrogens (tertiary/aromatic N) is 1. The molecule has 0 spiro atoms. The lowest BCUT2D eigenvalue weighted by Crippen LogP contribution is -2.56. The zero-order valence-electron chi connectivity index (χ0n) is 16.9. The van der Waals surface area contributed by atoms with Gasteiger partial charge < -0.3 is 9.53 Å². The van der Waals surface area contributed by atoms with Crippen molar-refractivity contribution in [2.75, 3.05) is 13.2 Å². The van der Waals surface area contributed by atoms with E-state index in [1.807, 2.05) is 0 Å². The summed E-state index contributed by atoms with van der Waals surface area (Å²) in [7, 11) is -1.76. The molecular weight excluding hydrogens is 302 g/mol. The first-order chi connectivity index (χ1) is 10.1. The zero-order chi connectivity index (χ0) is 18.3. The van der Waals surface area contributed by atoms with Crippen LogP contribution in [0, 0.1) is 0 Å². The molecule has 1 unspecified atom stereocenters. The van der Waals surface area contributed by atoms with Crippen molar-refractivity contribution in [1.29, 1.82) is 0 Å². The van der Waals surface area contributed by atoms with Crippen LogP contribution in [0.5, 0.6) is 0 Å². The Bertz CT molecular complexity index is 434. The van der Waals surface area contributed by atoms with E-state index in [0.717, 1.165) is 25.0 Å². The first-order valence-electron chi connectivity index (χ1n) is 8.88. The Morgan fingerprint density at radius 2 is 1.78 bits per heavy atom. The first kappa shape index (κ1) is 20.9. The molecule has 0 aromatic carbocycles. The van der Waals surface area contributed by atoms with Crippen LogP contribution in [0.2, 0.25) is 18.1 Å². The summed E-state index contributed by atoms with van der Waals surface area (Å²) in [6.07, 6.45) is 1.33. The van der Waals surface area contributed by atoms with Crippen LogP contribution >= 0.6 is 0 Å². The SMILES string of the molecule is C=C(CO[Si](C)(C)C(C)(C)C)CC1(C)[C@H](O)CCN1C(C)(C)C. The average molecular weight is 342 g/mol. The smallest absolute Gasteiger partial charge is 0.192 e. The highest BCUT2D eigenvalue weighted by Gasteiger charge is 2.48. The summed E-state index contributed by atoms with van der Waals surface area (Å²) < 4.78 is 6.31. The lowest BCUT2D eigenvalue weighted by atomic mass is 9.86. The minimum absolute atomic E-state index is 0.0484. The summed E-state index contributed by atoms with van der Waals surface area (Å²) in [6.45, 7) is 26.0. The molecule has 0 aromatic rings. The van der Waals surface area contributed by atoms with Crippen LogP contribution in [0.3, 0.4) is 0 Å². The molecule has 4 heteroatoms. The molecule has 136 valence electrons. The van der Waals surface area contributed by atoms with Crippen LogP contribution < -0.4 is 0 Å². The van der Waals surface area contributed by atoms with Crippen molar-refractivity contribution in [3.63, 3.8) is 0 Å². The molecule has 1 saturated heterocycles. The number of rotatable bonds is 5. The highest BCUT2D eigenvalue weighted by Crippen LogP contribution is 2.40. The van der Waals surface area contributed by atoms with Gasteiger partial charge in [-0.05, 0) is 58.7 Å². The van der Waals surface area contributed by atoms with Gasteiger partial charge in [0.2, 0.25) is 0 Å². The van der Waals surface area contributed by atoms with Gasteiger partial charge in [-0.25, -0.2) is 0 Å². The number of hydrogen-bond acceptors (Lipinski definition) is 3. The van der Waals surface area contributed by atoms with Crippen molar-refractivity contribution in [1.82, 2.24) is 4.90 Å². The van der Waals surface area contributed by atoms with E-state index in [2.05, 4.69) is 73.0 Å². The maximum atomic E-state index is 10.6. The number of likely N-dealkylation sites (tertiary alicyclic amines) is 1.